The summed E-state index contributed by atoms with van der Waals surface area (Å²) in [5.41, 5.74) is 0.614. The van der Waals surface area contributed by atoms with Crippen LogP contribution in [0.4, 0.5) is 10.5 Å². The number of urea groups is 1. The molecule has 3 N–H and O–H groups in total. The first-order valence-electron chi connectivity index (χ1n) is 6.14. The van der Waals surface area contributed by atoms with Gasteiger partial charge in [-0.3, -0.25) is 4.79 Å². The van der Waals surface area contributed by atoms with Gasteiger partial charge < -0.3 is 20.7 Å². The summed E-state index contributed by atoms with van der Waals surface area (Å²) in [7, 11) is 1.51. The minimum absolute atomic E-state index is 0.0612. The largest absolute Gasteiger partial charge is 0.494 e. The Morgan fingerprint density at radius 3 is 2.79 bits per heavy atom. The fourth-order valence-corrected chi connectivity index (χ4v) is 1.31. The number of carbonyl (C=O) groups excluding carboxylic acids is 2. The molecule has 0 aromatic heterocycles. The molecule has 0 bridgehead atoms. The van der Waals surface area contributed by atoms with Crippen molar-refractivity contribution in [2.24, 2.45) is 0 Å². The first-order valence-corrected chi connectivity index (χ1v) is 6.14. The molecule has 1 aromatic rings. The van der Waals surface area contributed by atoms with E-state index in [1.165, 1.54) is 7.05 Å². The molecule has 3 amide bonds. The Morgan fingerprint density at radius 1 is 1.32 bits per heavy atom. The van der Waals surface area contributed by atoms with E-state index in [0.29, 0.717) is 18.0 Å². The molecule has 0 saturated carbocycles. The van der Waals surface area contributed by atoms with Crippen molar-refractivity contribution in [1.82, 2.24) is 10.6 Å². The van der Waals surface area contributed by atoms with Crippen molar-refractivity contribution in [3.05, 3.63) is 24.3 Å². The van der Waals surface area contributed by atoms with Crippen molar-refractivity contribution in [2.45, 2.75) is 13.3 Å². The molecule has 1 rings (SSSR count). The number of anilines is 1. The number of hydrogen-bond acceptors (Lipinski definition) is 3. The quantitative estimate of drug-likeness (QED) is 0.726. The standard InChI is InChI=1S/C13H19N3O3/c1-3-7-19-11-6-4-5-10(8-11)16-13(18)15-9-12(17)14-2/h4-6,8H,3,7,9H2,1-2H3,(H,14,17)(H2,15,16,18). The van der Waals surface area contributed by atoms with E-state index in [4.69, 9.17) is 4.74 Å². The number of ether oxygens (including phenoxy) is 1. The predicted molar refractivity (Wildman–Crippen MR) is 73.3 cm³/mol. The van der Waals surface area contributed by atoms with Crippen LogP contribution in [0.15, 0.2) is 24.3 Å². The lowest BCUT2D eigenvalue weighted by Gasteiger charge is -2.09. The highest BCUT2D eigenvalue weighted by atomic mass is 16.5. The Balaban J connectivity index is 2.47. The Kier molecular flexibility index (Phi) is 6.21. The van der Waals surface area contributed by atoms with Crippen LogP contribution in [0.5, 0.6) is 5.75 Å². The van der Waals surface area contributed by atoms with E-state index in [-0.39, 0.29) is 12.5 Å². The second kappa shape index (κ2) is 7.97. The topological polar surface area (TPSA) is 79.5 Å². The summed E-state index contributed by atoms with van der Waals surface area (Å²) in [4.78, 5) is 22.5. The van der Waals surface area contributed by atoms with Crippen LogP contribution in [0.1, 0.15) is 13.3 Å². The van der Waals surface area contributed by atoms with Crippen molar-refractivity contribution in [2.75, 3.05) is 25.5 Å². The Bertz CT molecular complexity index is 435. The average Bonchev–Trinajstić information content (AvgIpc) is 2.43. The summed E-state index contributed by atoms with van der Waals surface area (Å²) in [6, 6.07) is 6.66. The van der Waals surface area contributed by atoms with Crippen LogP contribution in [-0.4, -0.2) is 32.1 Å². The van der Waals surface area contributed by atoms with Crippen LogP contribution in [0.25, 0.3) is 0 Å². The van der Waals surface area contributed by atoms with E-state index in [1.54, 1.807) is 18.2 Å². The van der Waals surface area contributed by atoms with E-state index < -0.39 is 6.03 Å². The first-order chi connectivity index (χ1) is 9.15. The molecule has 0 radical (unpaired) electrons. The zero-order valence-electron chi connectivity index (χ0n) is 11.2. The summed E-state index contributed by atoms with van der Waals surface area (Å²) in [6.07, 6.45) is 0.921. The highest BCUT2D eigenvalue weighted by Crippen LogP contribution is 2.17. The molecule has 0 fully saturated rings. The normalized spacial score (nSPS) is 9.58. The van der Waals surface area contributed by atoms with Gasteiger partial charge in [-0.1, -0.05) is 13.0 Å². The molecule has 0 aliphatic heterocycles. The second-order valence-corrected chi connectivity index (χ2v) is 3.86. The Labute approximate surface area is 112 Å². The summed E-state index contributed by atoms with van der Waals surface area (Å²) in [6.45, 7) is 2.59. The zero-order chi connectivity index (χ0) is 14.1. The van der Waals surface area contributed by atoms with Gasteiger partial charge in [-0.05, 0) is 18.6 Å². The van der Waals surface area contributed by atoms with Gasteiger partial charge in [0.15, 0.2) is 0 Å². The van der Waals surface area contributed by atoms with Gasteiger partial charge in [0.25, 0.3) is 0 Å². The van der Waals surface area contributed by atoms with E-state index in [0.717, 1.165) is 6.42 Å². The third kappa shape index (κ3) is 5.76. The van der Waals surface area contributed by atoms with E-state index >= 15 is 0 Å². The van der Waals surface area contributed by atoms with Gasteiger partial charge in [0, 0.05) is 18.8 Å². The maximum atomic E-state index is 11.5. The molecule has 0 spiro atoms. The third-order valence-corrected chi connectivity index (χ3v) is 2.25. The molecule has 0 saturated heterocycles. The monoisotopic (exact) mass is 265 g/mol. The van der Waals surface area contributed by atoms with Gasteiger partial charge in [-0.15, -0.1) is 0 Å². The van der Waals surface area contributed by atoms with E-state index in [2.05, 4.69) is 16.0 Å². The molecule has 104 valence electrons. The van der Waals surface area contributed by atoms with Gasteiger partial charge in [-0.25, -0.2) is 4.79 Å². The number of rotatable bonds is 6. The molecule has 19 heavy (non-hydrogen) atoms. The molecular formula is C13H19N3O3. The highest BCUT2D eigenvalue weighted by Gasteiger charge is 2.04. The summed E-state index contributed by atoms with van der Waals surface area (Å²) in [5.74, 6) is 0.445. The maximum absolute atomic E-state index is 11.5. The van der Waals surface area contributed by atoms with Gasteiger partial charge in [-0.2, -0.15) is 0 Å². The lowest BCUT2D eigenvalue weighted by molar-refractivity contribution is -0.119. The summed E-state index contributed by atoms with van der Waals surface area (Å²) >= 11 is 0. The van der Waals surface area contributed by atoms with E-state index in [1.807, 2.05) is 13.0 Å². The molecule has 0 heterocycles. The molecule has 6 heteroatoms. The predicted octanol–water partition coefficient (Wildman–Crippen LogP) is 1.34. The molecule has 0 unspecified atom stereocenters. The van der Waals surface area contributed by atoms with E-state index in [9.17, 15) is 9.59 Å². The minimum Gasteiger partial charge on any atom is -0.494 e. The highest BCUT2D eigenvalue weighted by molar-refractivity contribution is 5.92. The molecule has 0 atom stereocenters. The lowest BCUT2D eigenvalue weighted by atomic mass is 10.3. The van der Waals surface area contributed by atoms with Crippen LogP contribution < -0.4 is 20.7 Å². The molecule has 1 aromatic carbocycles. The summed E-state index contributed by atoms with van der Waals surface area (Å²) in [5, 5.41) is 7.48. The number of amides is 3. The Hall–Kier alpha value is -2.24. The number of carbonyl (C=O) groups is 2. The molecule has 0 aliphatic rings. The second-order valence-electron chi connectivity index (χ2n) is 3.86. The van der Waals surface area contributed by atoms with Crippen molar-refractivity contribution in [3.8, 4) is 5.75 Å². The summed E-state index contributed by atoms with van der Waals surface area (Å²) < 4.78 is 5.46. The van der Waals surface area contributed by atoms with Gasteiger partial charge in [0.1, 0.15) is 5.75 Å². The minimum atomic E-state index is -0.434. The van der Waals surface area contributed by atoms with Gasteiger partial charge in [0.2, 0.25) is 5.91 Å². The van der Waals surface area contributed by atoms with Crippen LogP contribution in [0.3, 0.4) is 0 Å². The molecule has 0 aliphatic carbocycles. The Morgan fingerprint density at radius 2 is 2.11 bits per heavy atom. The van der Waals surface area contributed by atoms with Crippen LogP contribution in [0.2, 0.25) is 0 Å². The number of nitrogens with one attached hydrogen (secondary N) is 3. The lowest BCUT2D eigenvalue weighted by Crippen LogP contribution is -2.37. The van der Waals surface area contributed by atoms with Crippen molar-refractivity contribution < 1.29 is 14.3 Å². The van der Waals surface area contributed by atoms with Crippen LogP contribution >= 0.6 is 0 Å². The first kappa shape index (κ1) is 14.8. The maximum Gasteiger partial charge on any atom is 0.319 e. The third-order valence-electron chi connectivity index (χ3n) is 2.25. The van der Waals surface area contributed by atoms with Gasteiger partial charge >= 0.3 is 6.03 Å². The number of hydrogen-bond donors (Lipinski definition) is 3. The van der Waals surface area contributed by atoms with Crippen molar-refractivity contribution in [3.63, 3.8) is 0 Å². The van der Waals surface area contributed by atoms with Crippen molar-refractivity contribution in [1.29, 1.82) is 0 Å². The SMILES string of the molecule is CCCOc1cccc(NC(=O)NCC(=O)NC)c1. The van der Waals surface area contributed by atoms with Crippen molar-refractivity contribution >= 4 is 17.6 Å². The smallest absolute Gasteiger partial charge is 0.319 e. The van der Waals surface area contributed by atoms with Crippen LogP contribution in [-0.2, 0) is 4.79 Å². The molecular weight excluding hydrogens is 246 g/mol. The fourth-order valence-electron chi connectivity index (χ4n) is 1.31. The average molecular weight is 265 g/mol. The zero-order valence-corrected chi connectivity index (χ0v) is 11.2. The molecule has 6 nitrogen and oxygen atoms in total. The van der Waals surface area contributed by atoms with Gasteiger partial charge in [0.05, 0.1) is 13.2 Å². The fraction of sp³-hybridized carbons (Fsp3) is 0.385. The number of benzene rings is 1. The van der Waals surface area contributed by atoms with Crippen LogP contribution in [0, 0.1) is 0 Å². The number of likely N-dealkylation sites (N-methyl/N-ethyl adjacent to an activating group) is 1.